The van der Waals surface area contributed by atoms with Gasteiger partial charge in [-0.3, -0.25) is 0 Å². The van der Waals surface area contributed by atoms with Crippen molar-refractivity contribution >= 4 is 17.8 Å². The Balaban J connectivity index is 1.47. The lowest BCUT2D eigenvalue weighted by atomic mass is 9.70. The number of oxime groups is 1. The molecule has 1 aliphatic heterocycles. The van der Waals surface area contributed by atoms with Crippen LogP contribution in [0.5, 0.6) is 11.5 Å². The number of ether oxygens (including phenoxy) is 2. The van der Waals surface area contributed by atoms with Gasteiger partial charge in [0.15, 0.2) is 11.5 Å². The minimum atomic E-state index is -0.159. The average Bonchev–Trinajstić information content (AvgIpc) is 3.34. The van der Waals surface area contributed by atoms with Crippen LogP contribution in [-0.4, -0.2) is 18.5 Å². The van der Waals surface area contributed by atoms with E-state index in [-0.39, 0.29) is 29.5 Å². The van der Waals surface area contributed by atoms with Gasteiger partial charge in [-0.15, -0.1) is 0 Å². The van der Waals surface area contributed by atoms with Gasteiger partial charge in [0.2, 0.25) is 6.79 Å². The molecular formula is C25H31NO4. The van der Waals surface area contributed by atoms with Gasteiger partial charge in [0.25, 0.3) is 0 Å². The summed E-state index contributed by atoms with van der Waals surface area (Å²) in [6.07, 6.45) is 9.69. The minimum Gasteiger partial charge on any atom is -0.454 e. The third kappa shape index (κ3) is 2.97. The third-order valence-corrected chi connectivity index (χ3v) is 8.28. The second-order valence-electron chi connectivity index (χ2n) is 10.0. The molecule has 3 fully saturated rings. The van der Waals surface area contributed by atoms with Crippen molar-refractivity contribution in [2.75, 3.05) is 6.79 Å². The zero-order valence-corrected chi connectivity index (χ0v) is 18.2. The monoisotopic (exact) mass is 409 g/mol. The van der Waals surface area contributed by atoms with Gasteiger partial charge in [0.05, 0.1) is 11.6 Å². The first-order valence-corrected chi connectivity index (χ1v) is 11.3. The molecule has 2 atom stereocenters. The second-order valence-corrected chi connectivity index (χ2v) is 10.0. The summed E-state index contributed by atoms with van der Waals surface area (Å²) < 4.78 is 11.0. The highest BCUT2D eigenvalue weighted by molar-refractivity contribution is 6.11. The summed E-state index contributed by atoms with van der Waals surface area (Å²) in [5.74, 6) is 1.81. The number of hydrogen-bond acceptors (Lipinski definition) is 5. The largest absolute Gasteiger partial charge is 0.454 e. The Kier molecular flexibility index (Phi) is 4.68. The molecule has 0 saturated heterocycles. The minimum absolute atomic E-state index is 0.00351. The third-order valence-electron chi connectivity index (χ3n) is 8.28. The van der Waals surface area contributed by atoms with Crippen LogP contribution in [0.4, 0.5) is 0 Å². The van der Waals surface area contributed by atoms with Crippen LogP contribution in [-0.2, 0) is 9.63 Å². The molecule has 160 valence electrons. The van der Waals surface area contributed by atoms with E-state index in [1.807, 2.05) is 18.2 Å². The number of carbonyl (C=O) groups excluding carboxylic acids is 1. The molecule has 0 radical (unpaired) electrons. The molecule has 4 aliphatic rings. The van der Waals surface area contributed by atoms with Crippen LogP contribution < -0.4 is 9.47 Å². The number of benzene rings is 1. The maximum atomic E-state index is 12.6. The molecule has 0 spiro atoms. The van der Waals surface area contributed by atoms with Gasteiger partial charge in [-0.25, -0.2) is 4.79 Å². The first kappa shape index (κ1) is 19.7. The second kappa shape index (κ2) is 7.14. The molecule has 0 N–H and O–H groups in total. The normalized spacial score (nSPS) is 32.2. The summed E-state index contributed by atoms with van der Waals surface area (Å²) in [4.78, 5) is 18.2. The van der Waals surface area contributed by atoms with Gasteiger partial charge in [-0.2, -0.15) is 0 Å². The maximum Gasteiger partial charge on any atom is 0.338 e. The van der Waals surface area contributed by atoms with Crippen LogP contribution in [0.25, 0.3) is 6.08 Å². The molecule has 5 rings (SSSR count). The highest BCUT2D eigenvalue weighted by atomic mass is 16.7. The molecule has 5 nitrogen and oxygen atoms in total. The number of rotatable bonds is 3. The molecule has 5 heteroatoms. The predicted octanol–water partition coefficient (Wildman–Crippen LogP) is 5.73. The molecule has 1 heterocycles. The van der Waals surface area contributed by atoms with Crippen LogP contribution in [0.15, 0.2) is 28.9 Å². The van der Waals surface area contributed by atoms with E-state index < -0.39 is 0 Å². The molecule has 2 bridgehead atoms. The Bertz CT molecular complexity index is 925. The Labute approximate surface area is 178 Å². The van der Waals surface area contributed by atoms with Crippen LogP contribution in [0.2, 0.25) is 0 Å². The SMILES string of the molecule is CC1(C)[C@H]2CC[C@]1(C)C(=N/OC(=O)C1CCCCC1)/C2=C/c1ccc2c(c1)OCO2. The molecule has 0 aromatic heterocycles. The number of allylic oxidation sites excluding steroid dienone is 1. The van der Waals surface area contributed by atoms with E-state index in [1.165, 1.54) is 12.0 Å². The summed E-state index contributed by atoms with van der Waals surface area (Å²) in [6.45, 7) is 7.20. The summed E-state index contributed by atoms with van der Waals surface area (Å²) in [5, 5.41) is 4.54. The topological polar surface area (TPSA) is 57.1 Å². The van der Waals surface area contributed by atoms with E-state index in [2.05, 4.69) is 32.0 Å². The van der Waals surface area contributed by atoms with Gasteiger partial charge in [0.1, 0.15) is 0 Å². The maximum absolute atomic E-state index is 12.6. The Morgan fingerprint density at radius 1 is 1.10 bits per heavy atom. The number of nitrogens with zero attached hydrogens (tertiary/aromatic N) is 1. The standard InChI is InChI=1S/C25H31NO4/c1-24(2)19-11-12-25(24,3)22(26-30-23(27)17-7-5-4-6-8-17)18(19)13-16-9-10-20-21(14-16)29-15-28-20/h9-10,13-14,17,19H,4-8,11-12,15H2,1-3H3/b18-13+,26-22+/t19-,25+/m0/s1. The molecule has 1 aromatic rings. The Hall–Kier alpha value is -2.30. The van der Waals surface area contributed by atoms with E-state index in [0.29, 0.717) is 5.92 Å². The molecule has 0 unspecified atom stereocenters. The summed E-state index contributed by atoms with van der Waals surface area (Å²) in [5.41, 5.74) is 3.19. The summed E-state index contributed by atoms with van der Waals surface area (Å²) in [7, 11) is 0. The number of fused-ring (bicyclic) bond motifs is 3. The number of hydrogen-bond donors (Lipinski definition) is 0. The zero-order chi connectivity index (χ0) is 20.9. The van der Waals surface area contributed by atoms with Gasteiger partial charge >= 0.3 is 5.97 Å². The zero-order valence-electron chi connectivity index (χ0n) is 18.2. The first-order chi connectivity index (χ1) is 14.4. The lowest BCUT2D eigenvalue weighted by Crippen LogP contribution is -2.33. The molecular weight excluding hydrogens is 378 g/mol. The van der Waals surface area contributed by atoms with Crippen molar-refractivity contribution in [1.82, 2.24) is 0 Å². The van der Waals surface area contributed by atoms with Crippen molar-refractivity contribution in [2.45, 2.75) is 65.7 Å². The van der Waals surface area contributed by atoms with Gasteiger partial charge < -0.3 is 14.3 Å². The fraction of sp³-hybridized carbons (Fsp3) is 0.600. The Morgan fingerprint density at radius 2 is 1.87 bits per heavy atom. The van der Waals surface area contributed by atoms with Crippen molar-refractivity contribution in [2.24, 2.45) is 27.8 Å². The highest BCUT2D eigenvalue weighted by Gasteiger charge is 2.63. The van der Waals surface area contributed by atoms with Crippen molar-refractivity contribution in [3.63, 3.8) is 0 Å². The van der Waals surface area contributed by atoms with Gasteiger partial charge in [-0.05, 0) is 66.4 Å². The fourth-order valence-corrected chi connectivity index (χ4v) is 5.96. The number of carbonyl (C=O) groups is 1. The molecule has 3 aliphatic carbocycles. The molecule has 30 heavy (non-hydrogen) atoms. The van der Waals surface area contributed by atoms with E-state index in [1.54, 1.807) is 0 Å². The van der Waals surface area contributed by atoms with E-state index in [9.17, 15) is 4.79 Å². The smallest absolute Gasteiger partial charge is 0.338 e. The van der Waals surface area contributed by atoms with Crippen LogP contribution >= 0.6 is 0 Å². The fourth-order valence-electron chi connectivity index (χ4n) is 5.96. The lowest BCUT2D eigenvalue weighted by molar-refractivity contribution is -0.149. The highest BCUT2D eigenvalue weighted by Crippen LogP contribution is 2.66. The predicted molar refractivity (Wildman–Crippen MR) is 115 cm³/mol. The van der Waals surface area contributed by atoms with Crippen molar-refractivity contribution in [3.05, 3.63) is 29.3 Å². The summed E-state index contributed by atoms with van der Waals surface area (Å²) >= 11 is 0. The van der Waals surface area contributed by atoms with Crippen molar-refractivity contribution in [1.29, 1.82) is 0 Å². The van der Waals surface area contributed by atoms with E-state index >= 15 is 0 Å². The quantitative estimate of drug-likeness (QED) is 0.472. The van der Waals surface area contributed by atoms with Crippen molar-refractivity contribution in [3.8, 4) is 11.5 Å². The Morgan fingerprint density at radius 3 is 2.67 bits per heavy atom. The van der Waals surface area contributed by atoms with Crippen LogP contribution in [0.1, 0.15) is 71.3 Å². The van der Waals surface area contributed by atoms with Gasteiger partial charge in [-0.1, -0.05) is 51.3 Å². The first-order valence-electron chi connectivity index (χ1n) is 11.3. The average molecular weight is 410 g/mol. The van der Waals surface area contributed by atoms with Crippen molar-refractivity contribution < 1.29 is 19.1 Å². The molecule has 1 aromatic carbocycles. The van der Waals surface area contributed by atoms with Crippen LogP contribution in [0.3, 0.4) is 0 Å². The van der Waals surface area contributed by atoms with Crippen LogP contribution in [0, 0.1) is 22.7 Å². The lowest BCUT2D eigenvalue weighted by Gasteiger charge is -2.33. The van der Waals surface area contributed by atoms with Gasteiger partial charge in [0, 0.05) is 5.41 Å². The molecule has 0 amide bonds. The van der Waals surface area contributed by atoms with E-state index in [0.717, 1.165) is 61.3 Å². The molecule has 3 saturated carbocycles. The van der Waals surface area contributed by atoms with E-state index in [4.69, 9.17) is 14.3 Å². The summed E-state index contributed by atoms with van der Waals surface area (Å²) in [6, 6.07) is 6.02.